The Morgan fingerprint density at radius 3 is 2.21 bits per heavy atom. The molecule has 0 aliphatic rings. The first-order valence-electron chi connectivity index (χ1n) is 9.42. The molecule has 9 nitrogen and oxygen atoms in total. The Bertz CT molecular complexity index is 1420. The lowest BCUT2D eigenvalue weighted by Gasteiger charge is -2.13. The molecule has 0 saturated heterocycles. The average molecular weight is 395 g/mol. The van der Waals surface area contributed by atoms with E-state index in [1.807, 2.05) is 30.3 Å². The van der Waals surface area contributed by atoms with Crippen molar-refractivity contribution in [2.24, 2.45) is 0 Å². The molecule has 0 unspecified atom stereocenters. The van der Waals surface area contributed by atoms with Gasteiger partial charge in [-0.15, -0.1) is 0 Å². The van der Waals surface area contributed by atoms with Gasteiger partial charge in [0.05, 0.1) is 12.1 Å². The standard InChI is InChI=1S/C20H21N5O4/c1-4-22-15-14(18(28)23(5-2)20(22)29)25-17(27)12(3)16(26)24(19(25)21-15)11-13-9-7-6-8-10-13/h6-10,26H,4-5,11H2,1-3H3. The van der Waals surface area contributed by atoms with Gasteiger partial charge in [0.1, 0.15) is 0 Å². The summed E-state index contributed by atoms with van der Waals surface area (Å²) in [5.74, 6) is -0.104. The predicted octanol–water partition coefficient (Wildman–Crippen LogP) is 1.07. The molecule has 0 radical (unpaired) electrons. The Morgan fingerprint density at radius 2 is 1.59 bits per heavy atom. The molecule has 0 amide bonds. The molecule has 150 valence electrons. The summed E-state index contributed by atoms with van der Waals surface area (Å²) in [5.41, 5.74) is -0.417. The lowest BCUT2D eigenvalue weighted by Crippen LogP contribution is -2.40. The third-order valence-corrected chi connectivity index (χ3v) is 5.18. The van der Waals surface area contributed by atoms with Crippen molar-refractivity contribution in [1.82, 2.24) is 23.1 Å². The van der Waals surface area contributed by atoms with E-state index in [2.05, 4.69) is 4.98 Å². The largest absolute Gasteiger partial charge is 0.494 e. The van der Waals surface area contributed by atoms with Crippen molar-refractivity contribution in [3.05, 3.63) is 72.7 Å². The fraction of sp³-hybridized carbons (Fsp3) is 0.300. The third-order valence-electron chi connectivity index (χ3n) is 5.18. The van der Waals surface area contributed by atoms with E-state index in [4.69, 9.17) is 0 Å². The number of benzene rings is 1. The maximum absolute atomic E-state index is 13.0. The number of aromatic nitrogens is 5. The van der Waals surface area contributed by atoms with Crippen LogP contribution in [0.1, 0.15) is 25.0 Å². The van der Waals surface area contributed by atoms with Crippen LogP contribution in [0.25, 0.3) is 16.9 Å². The van der Waals surface area contributed by atoms with Gasteiger partial charge in [0.25, 0.3) is 11.1 Å². The molecule has 1 N–H and O–H groups in total. The second kappa shape index (κ2) is 6.77. The average Bonchev–Trinajstić information content (AvgIpc) is 3.11. The topological polar surface area (TPSA) is 104 Å². The van der Waals surface area contributed by atoms with Crippen molar-refractivity contribution in [3.63, 3.8) is 0 Å². The lowest BCUT2D eigenvalue weighted by atomic mass is 10.2. The first-order valence-corrected chi connectivity index (χ1v) is 9.42. The highest BCUT2D eigenvalue weighted by Crippen LogP contribution is 2.20. The number of imidazole rings is 1. The number of fused-ring (bicyclic) bond motifs is 3. The molecule has 1 aromatic carbocycles. The highest BCUT2D eigenvalue weighted by molar-refractivity contribution is 5.75. The number of nitrogens with zero attached hydrogens (tertiary/aromatic N) is 5. The van der Waals surface area contributed by atoms with Crippen LogP contribution in [0.2, 0.25) is 0 Å². The third kappa shape index (κ3) is 2.61. The summed E-state index contributed by atoms with van der Waals surface area (Å²) < 4.78 is 5.13. The van der Waals surface area contributed by atoms with E-state index in [1.165, 1.54) is 20.5 Å². The maximum Gasteiger partial charge on any atom is 0.332 e. The minimum atomic E-state index is -0.571. The van der Waals surface area contributed by atoms with E-state index >= 15 is 0 Å². The zero-order valence-electron chi connectivity index (χ0n) is 16.4. The Kier molecular flexibility index (Phi) is 4.37. The van der Waals surface area contributed by atoms with Crippen LogP contribution in [0.15, 0.2) is 44.7 Å². The van der Waals surface area contributed by atoms with E-state index < -0.39 is 16.8 Å². The smallest absolute Gasteiger partial charge is 0.332 e. The summed E-state index contributed by atoms with van der Waals surface area (Å²) in [6.07, 6.45) is 0. The summed E-state index contributed by atoms with van der Waals surface area (Å²) >= 11 is 0. The van der Waals surface area contributed by atoms with Gasteiger partial charge in [0, 0.05) is 13.1 Å². The Labute approximate surface area is 164 Å². The summed E-state index contributed by atoms with van der Waals surface area (Å²) in [4.78, 5) is 43.1. The molecule has 4 rings (SSSR count). The molecule has 0 aliphatic heterocycles. The molecule has 4 aromatic rings. The van der Waals surface area contributed by atoms with Crippen molar-refractivity contribution in [1.29, 1.82) is 0 Å². The summed E-state index contributed by atoms with van der Waals surface area (Å²) in [6, 6.07) is 9.40. The molecule has 0 fully saturated rings. The van der Waals surface area contributed by atoms with E-state index in [-0.39, 0.29) is 48.0 Å². The fourth-order valence-electron chi connectivity index (χ4n) is 3.64. The second-order valence-electron chi connectivity index (χ2n) is 6.82. The van der Waals surface area contributed by atoms with Crippen molar-refractivity contribution in [2.45, 2.75) is 40.4 Å². The van der Waals surface area contributed by atoms with Crippen LogP contribution in [0.5, 0.6) is 5.88 Å². The molecule has 9 heteroatoms. The molecule has 0 atom stereocenters. The Balaban J connectivity index is 2.22. The van der Waals surface area contributed by atoms with E-state index in [9.17, 15) is 19.5 Å². The number of aromatic hydroxyl groups is 1. The van der Waals surface area contributed by atoms with Gasteiger partial charge >= 0.3 is 5.69 Å². The summed E-state index contributed by atoms with van der Waals surface area (Å²) in [5, 5.41) is 10.7. The zero-order chi connectivity index (χ0) is 20.9. The van der Waals surface area contributed by atoms with Gasteiger partial charge in [0.2, 0.25) is 11.7 Å². The molecule has 0 saturated carbocycles. The van der Waals surface area contributed by atoms with Crippen LogP contribution in [0.4, 0.5) is 0 Å². The zero-order valence-corrected chi connectivity index (χ0v) is 16.4. The van der Waals surface area contributed by atoms with Crippen LogP contribution in [0.3, 0.4) is 0 Å². The molecule has 29 heavy (non-hydrogen) atoms. The minimum Gasteiger partial charge on any atom is -0.494 e. The second-order valence-corrected chi connectivity index (χ2v) is 6.82. The highest BCUT2D eigenvalue weighted by Gasteiger charge is 2.23. The normalized spacial score (nSPS) is 11.6. The van der Waals surface area contributed by atoms with Crippen molar-refractivity contribution in [3.8, 4) is 5.88 Å². The number of rotatable bonds is 4. The number of hydrogen-bond acceptors (Lipinski definition) is 5. The highest BCUT2D eigenvalue weighted by atomic mass is 16.3. The van der Waals surface area contributed by atoms with E-state index in [1.54, 1.807) is 13.8 Å². The van der Waals surface area contributed by atoms with Gasteiger partial charge in [-0.05, 0) is 26.3 Å². The van der Waals surface area contributed by atoms with Gasteiger partial charge in [-0.25, -0.2) is 9.20 Å². The monoisotopic (exact) mass is 395 g/mol. The fourth-order valence-corrected chi connectivity index (χ4v) is 3.64. The van der Waals surface area contributed by atoms with Crippen LogP contribution in [0, 0.1) is 6.92 Å². The van der Waals surface area contributed by atoms with Crippen molar-refractivity contribution >= 4 is 16.9 Å². The van der Waals surface area contributed by atoms with Crippen LogP contribution in [-0.2, 0) is 19.6 Å². The van der Waals surface area contributed by atoms with E-state index in [0.29, 0.717) is 0 Å². The maximum atomic E-state index is 13.0. The van der Waals surface area contributed by atoms with Gasteiger partial charge in [-0.2, -0.15) is 4.98 Å². The predicted molar refractivity (Wildman–Crippen MR) is 109 cm³/mol. The van der Waals surface area contributed by atoms with Crippen molar-refractivity contribution in [2.75, 3.05) is 0 Å². The van der Waals surface area contributed by atoms with E-state index in [0.717, 1.165) is 10.1 Å². The van der Waals surface area contributed by atoms with Crippen molar-refractivity contribution < 1.29 is 5.11 Å². The molecular formula is C20H21N5O4. The molecular weight excluding hydrogens is 374 g/mol. The number of hydrogen-bond donors (Lipinski definition) is 1. The molecule has 0 spiro atoms. The van der Waals surface area contributed by atoms with Gasteiger partial charge < -0.3 is 5.11 Å². The van der Waals surface area contributed by atoms with Crippen LogP contribution >= 0.6 is 0 Å². The molecule has 3 aromatic heterocycles. The van der Waals surface area contributed by atoms with Crippen LogP contribution < -0.4 is 16.8 Å². The minimum absolute atomic E-state index is 0.0400. The lowest BCUT2D eigenvalue weighted by molar-refractivity contribution is 0.414. The summed E-state index contributed by atoms with van der Waals surface area (Å²) in [7, 11) is 0. The SMILES string of the molecule is CCn1c(=O)c2c(nc3n(Cc4ccccc4)c(O)c(C)c(=O)n23)n(CC)c1=O. The summed E-state index contributed by atoms with van der Waals surface area (Å²) in [6.45, 7) is 5.68. The van der Waals surface area contributed by atoms with Crippen LogP contribution in [-0.4, -0.2) is 28.2 Å². The van der Waals surface area contributed by atoms with Gasteiger partial charge in [-0.1, -0.05) is 30.3 Å². The Morgan fingerprint density at radius 1 is 0.931 bits per heavy atom. The Hall–Kier alpha value is -3.62. The van der Waals surface area contributed by atoms with Gasteiger partial charge in [-0.3, -0.25) is 23.3 Å². The number of aryl methyl sites for hydroxylation is 1. The first-order chi connectivity index (χ1) is 13.9. The molecule has 3 heterocycles. The molecule has 0 bridgehead atoms. The quantitative estimate of drug-likeness (QED) is 0.557. The van der Waals surface area contributed by atoms with Gasteiger partial charge in [0.15, 0.2) is 11.2 Å². The molecule has 0 aliphatic carbocycles. The first kappa shape index (κ1) is 18.7.